The lowest BCUT2D eigenvalue weighted by Gasteiger charge is -2.58. The lowest BCUT2D eigenvalue weighted by Crippen LogP contribution is -2.60. The first kappa shape index (κ1) is 25.0. The summed E-state index contributed by atoms with van der Waals surface area (Å²) in [5, 5.41) is 2.69. The van der Waals surface area contributed by atoms with Crippen LogP contribution in [0.5, 0.6) is 5.75 Å². The van der Waals surface area contributed by atoms with Crippen molar-refractivity contribution in [3.8, 4) is 5.75 Å². The van der Waals surface area contributed by atoms with Crippen molar-refractivity contribution in [2.75, 3.05) is 13.7 Å². The second-order valence-electron chi connectivity index (χ2n) is 12.2. The third kappa shape index (κ3) is 5.53. The van der Waals surface area contributed by atoms with Gasteiger partial charge in [-0.2, -0.15) is 0 Å². The van der Waals surface area contributed by atoms with Gasteiger partial charge in [-0.15, -0.1) is 0 Å². The van der Waals surface area contributed by atoms with Crippen molar-refractivity contribution in [2.45, 2.75) is 95.0 Å². The number of amides is 1. The van der Waals surface area contributed by atoms with E-state index in [4.69, 9.17) is 25.0 Å². The molecule has 5 aliphatic carbocycles. The first-order chi connectivity index (χ1) is 16.7. The van der Waals surface area contributed by atoms with E-state index in [1.54, 1.807) is 7.11 Å². The number of methoxy groups -OCH3 is 1. The average Bonchev–Trinajstić information content (AvgIpc) is 2.83. The van der Waals surface area contributed by atoms with Crippen LogP contribution in [-0.2, 0) is 14.5 Å². The highest BCUT2D eigenvalue weighted by Gasteiger charge is 2.60. The van der Waals surface area contributed by atoms with Crippen molar-refractivity contribution in [1.29, 1.82) is 0 Å². The number of carbonyl (C=O) groups excluding carboxylic acids is 1. The van der Waals surface area contributed by atoms with E-state index in [0.29, 0.717) is 30.0 Å². The second-order valence-corrected chi connectivity index (χ2v) is 12.2. The normalized spacial score (nSPS) is 36.2. The van der Waals surface area contributed by atoms with E-state index in [-0.39, 0.29) is 6.10 Å². The van der Waals surface area contributed by atoms with Crippen LogP contribution in [0.15, 0.2) is 24.3 Å². The molecule has 7 nitrogen and oxygen atoms in total. The molecule has 194 valence electrons. The van der Waals surface area contributed by atoms with Crippen molar-refractivity contribution in [3.63, 3.8) is 0 Å². The number of benzene rings is 1. The molecule has 0 radical (unpaired) electrons. The van der Waals surface area contributed by atoms with Gasteiger partial charge in [-0.1, -0.05) is 12.1 Å². The molecular weight excluding hydrogens is 444 g/mol. The smallest absolute Gasteiger partial charge is 0.410 e. The molecule has 6 rings (SSSR count). The van der Waals surface area contributed by atoms with Gasteiger partial charge in [0.1, 0.15) is 5.75 Å². The molecule has 7 heteroatoms. The van der Waals surface area contributed by atoms with Crippen LogP contribution in [-0.4, -0.2) is 37.2 Å². The molecule has 5 saturated carbocycles. The van der Waals surface area contributed by atoms with Crippen molar-refractivity contribution < 1.29 is 24.0 Å². The van der Waals surface area contributed by atoms with E-state index in [2.05, 4.69) is 17.4 Å². The van der Waals surface area contributed by atoms with Crippen LogP contribution in [0.25, 0.3) is 0 Å². The van der Waals surface area contributed by atoms with Gasteiger partial charge in [-0.05, 0) is 107 Å². The molecule has 35 heavy (non-hydrogen) atoms. The number of nitrogens with one attached hydrogen (secondary N) is 1. The number of ether oxygens (including phenoxy) is 2. The molecule has 5 fully saturated rings. The molecule has 1 aromatic rings. The van der Waals surface area contributed by atoms with E-state index in [1.165, 1.54) is 37.7 Å². The molecule has 1 amide bonds. The molecule has 0 spiro atoms. The zero-order valence-corrected chi connectivity index (χ0v) is 21.5. The zero-order chi connectivity index (χ0) is 24.6. The molecule has 4 bridgehead atoms. The Bertz CT molecular complexity index is 844. The predicted molar refractivity (Wildman–Crippen MR) is 133 cm³/mol. The lowest BCUT2D eigenvalue weighted by molar-refractivity contribution is -0.485. The Hall–Kier alpha value is -1.67. The summed E-state index contributed by atoms with van der Waals surface area (Å²) in [5.41, 5.74) is 6.69. The van der Waals surface area contributed by atoms with Crippen LogP contribution in [0.4, 0.5) is 4.79 Å². The highest BCUT2D eigenvalue weighted by Crippen LogP contribution is 2.60. The molecule has 1 aromatic carbocycles. The maximum absolute atomic E-state index is 12.0. The fraction of sp³-hybridized carbons (Fsp3) is 0.750. The summed E-state index contributed by atoms with van der Waals surface area (Å²) in [5.74, 6) is 3.16. The van der Waals surface area contributed by atoms with Gasteiger partial charge < -0.3 is 20.5 Å². The van der Waals surface area contributed by atoms with Gasteiger partial charge in [0, 0.05) is 31.0 Å². The van der Waals surface area contributed by atoms with E-state index in [0.717, 1.165) is 37.5 Å². The molecule has 0 aromatic heterocycles. The number of carbonyl (C=O) groups is 1. The molecule has 0 saturated heterocycles. The fourth-order valence-corrected chi connectivity index (χ4v) is 7.23. The first-order valence-corrected chi connectivity index (χ1v) is 13.5. The van der Waals surface area contributed by atoms with Crippen LogP contribution in [0.1, 0.15) is 83.1 Å². The molecule has 5 aliphatic rings. The SMILES string of the molecule is COC1(OO[C@H]2CC[C@@H](c3ccc(OC(=O)NCC(C)(C)N)cc3)CC2)C2CC3CC(C2)CC1C3. The summed E-state index contributed by atoms with van der Waals surface area (Å²) < 4.78 is 11.4. The van der Waals surface area contributed by atoms with Gasteiger partial charge >= 0.3 is 6.09 Å². The Morgan fingerprint density at radius 3 is 2.14 bits per heavy atom. The van der Waals surface area contributed by atoms with Crippen LogP contribution in [0.2, 0.25) is 0 Å². The van der Waals surface area contributed by atoms with Crippen LogP contribution < -0.4 is 15.8 Å². The topological polar surface area (TPSA) is 92.0 Å². The lowest BCUT2D eigenvalue weighted by atomic mass is 9.53. The Kier molecular flexibility index (Phi) is 7.14. The minimum Gasteiger partial charge on any atom is -0.410 e. The summed E-state index contributed by atoms with van der Waals surface area (Å²) in [4.78, 5) is 24.3. The second kappa shape index (κ2) is 10.0. The van der Waals surface area contributed by atoms with Crippen molar-refractivity contribution >= 4 is 6.09 Å². The van der Waals surface area contributed by atoms with Crippen molar-refractivity contribution in [3.05, 3.63) is 29.8 Å². The summed E-state index contributed by atoms with van der Waals surface area (Å²) >= 11 is 0. The molecule has 0 aliphatic heterocycles. The Labute approximate surface area is 209 Å². The maximum atomic E-state index is 12.0. The summed E-state index contributed by atoms with van der Waals surface area (Å²) in [6, 6.07) is 7.85. The van der Waals surface area contributed by atoms with Gasteiger partial charge in [0.05, 0.1) is 6.10 Å². The molecule has 0 atom stereocenters. The molecule has 3 N–H and O–H groups in total. The minimum absolute atomic E-state index is 0.119. The Balaban J connectivity index is 1.08. The number of nitrogens with two attached hydrogens (primary N) is 1. The largest absolute Gasteiger partial charge is 0.412 e. The standard InChI is InChI=1S/C28H42N2O5/c1-27(2,29)17-30-26(31)33-24-8-4-20(5-9-24)21-6-10-25(11-7-21)34-35-28(32-3)22-13-18-12-19(15-22)16-23(28)14-18/h4-5,8-9,18-19,21-23,25H,6-7,10-17,29H2,1-3H3,(H,30,31)/t18?,19?,21-,22?,23?,25+,28?. The zero-order valence-electron chi connectivity index (χ0n) is 21.5. The third-order valence-electron chi connectivity index (χ3n) is 8.83. The van der Waals surface area contributed by atoms with E-state index >= 15 is 0 Å². The number of rotatable bonds is 8. The predicted octanol–water partition coefficient (Wildman–Crippen LogP) is 5.29. The van der Waals surface area contributed by atoms with Gasteiger partial charge in [0.15, 0.2) is 0 Å². The number of hydrogen-bond donors (Lipinski definition) is 2. The maximum Gasteiger partial charge on any atom is 0.412 e. The van der Waals surface area contributed by atoms with Crippen molar-refractivity contribution in [1.82, 2.24) is 5.32 Å². The minimum atomic E-state index is -0.535. The monoisotopic (exact) mass is 486 g/mol. The highest BCUT2D eigenvalue weighted by atomic mass is 17.2. The first-order valence-electron chi connectivity index (χ1n) is 13.5. The molecule has 0 unspecified atom stereocenters. The summed E-state index contributed by atoms with van der Waals surface area (Å²) in [6.07, 6.45) is 10.00. The van der Waals surface area contributed by atoms with Gasteiger partial charge in [-0.3, -0.25) is 0 Å². The highest BCUT2D eigenvalue weighted by molar-refractivity contribution is 5.70. The summed E-state index contributed by atoms with van der Waals surface area (Å²) in [6.45, 7) is 4.06. The third-order valence-corrected chi connectivity index (χ3v) is 8.83. The van der Waals surface area contributed by atoms with Gasteiger partial charge in [-0.25, -0.2) is 14.6 Å². The molecular formula is C28H42N2O5. The van der Waals surface area contributed by atoms with E-state index in [1.807, 2.05) is 26.0 Å². The summed E-state index contributed by atoms with van der Waals surface area (Å²) in [7, 11) is 1.80. The Morgan fingerprint density at radius 2 is 1.60 bits per heavy atom. The van der Waals surface area contributed by atoms with Gasteiger partial charge in [0.25, 0.3) is 0 Å². The van der Waals surface area contributed by atoms with Crippen molar-refractivity contribution in [2.24, 2.45) is 29.4 Å². The van der Waals surface area contributed by atoms with E-state index < -0.39 is 17.4 Å². The van der Waals surface area contributed by atoms with E-state index in [9.17, 15) is 4.79 Å². The fourth-order valence-electron chi connectivity index (χ4n) is 7.23. The average molecular weight is 487 g/mol. The van der Waals surface area contributed by atoms with Crippen LogP contribution in [0, 0.1) is 23.7 Å². The quantitative estimate of drug-likeness (QED) is 0.295. The van der Waals surface area contributed by atoms with Crippen LogP contribution >= 0.6 is 0 Å². The number of hydrogen-bond acceptors (Lipinski definition) is 6. The van der Waals surface area contributed by atoms with Crippen LogP contribution in [0.3, 0.4) is 0 Å². The molecule has 0 heterocycles. The Morgan fingerprint density at radius 1 is 1.00 bits per heavy atom. The van der Waals surface area contributed by atoms with Gasteiger partial charge in [0.2, 0.25) is 5.79 Å².